The van der Waals surface area contributed by atoms with E-state index < -0.39 is 22.0 Å². The molecule has 5 rings (SSSR count). The number of aryl methyl sites for hydroxylation is 1. The number of likely N-dealkylation sites (tertiary alicyclic amines) is 1. The number of alkyl halides is 3. The molecule has 1 fully saturated rings. The molecule has 2 aliphatic rings. The lowest BCUT2D eigenvalue weighted by atomic mass is 9.95. The summed E-state index contributed by atoms with van der Waals surface area (Å²) in [4.78, 5) is 11.6. The third-order valence-electron chi connectivity index (χ3n) is 6.33. The van der Waals surface area contributed by atoms with Crippen molar-refractivity contribution in [3.05, 3.63) is 54.1 Å². The van der Waals surface area contributed by atoms with Gasteiger partial charge in [-0.2, -0.15) is 23.4 Å². The molecule has 2 aromatic heterocycles. The average Bonchev–Trinajstić information content (AvgIpc) is 3.55. The number of sulfone groups is 1. The van der Waals surface area contributed by atoms with Gasteiger partial charge in [0.25, 0.3) is 0 Å². The number of fused-ring (bicyclic) bond motifs is 3. The minimum absolute atomic E-state index is 0.0202. The SMILES string of the molecule is CC(C)n1cc(CN2CC3c4cc(-c5cnn(C)c5)ccc4S(=O)(=O)C3C2)cn1.O=C(O)C(F)(F)F. The molecule has 2 atom stereocenters. The smallest absolute Gasteiger partial charge is 0.475 e. The zero-order chi connectivity index (χ0) is 26.4. The maximum Gasteiger partial charge on any atom is 0.490 e. The maximum atomic E-state index is 13.1. The zero-order valence-corrected chi connectivity index (χ0v) is 20.7. The van der Waals surface area contributed by atoms with Crippen LogP contribution >= 0.6 is 0 Å². The Balaban J connectivity index is 0.000000384. The third-order valence-corrected chi connectivity index (χ3v) is 8.59. The summed E-state index contributed by atoms with van der Waals surface area (Å²) in [6.07, 6.45) is 2.63. The van der Waals surface area contributed by atoms with Gasteiger partial charge in [-0.3, -0.25) is 14.3 Å². The van der Waals surface area contributed by atoms with E-state index in [1.54, 1.807) is 10.7 Å². The number of hydrogen-bond acceptors (Lipinski definition) is 6. The Hall–Kier alpha value is -3.19. The summed E-state index contributed by atoms with van der Waals surface area (Å²) < 4.78 is 61.7. The minimum Gasteiger partial charge on any atom is -0.475 e. The fraction of sp³-hybridized carbons (Fsp3) is 0.435. The van der Waals surface area contributed by atoms with Gasteiger partial charge in [-0.05, 0) is 37.1 Å². The molecule has 2 unspecified atom stereocenters. The number of halogens is 3. The monoisotopic (exact) mass is 525 g/mol. The first-order valence-electron chi connectivity index (χ1n) is 11.2. The van der Waals surface area contributed by atoms with Crippen LogP contribution in [0, 0.1) is 0 Å². The highest BCUT2D eigenvalue weighted by Crippen LogP contribution is 2.46. The van der Waals surface area contributed by atoms with Crippen LogP contribution in [0.5, 0.6) is 0 Å². The summed E-state index contributed by atoms with van der Waals surface area (Å²) in [6.45, 7) is 6.24. The number of carbonyl (C=O) groups is 1. The van der Waals surface area contributed by atoms with E-state index in [9.17, 15) is 21.6 Å². The first-order chi connectivity index (χ1) is 16.8. The molecule has 1 saturated heterocycles. The molecule has 0 bridgehead atoms. The van der Waals surface area contributed by atoms with Crippen molar-refractivity contribution in [1.29, 1.82) is 0 Å². The number of carboxylic acid groups (broad SMARTS) is 1. The zero-order valence-electron chi connectivity index (χ0n) is 19.8. The van der Waals surface area contributed by atoms with Gasteiger partial charge in [-0.1, -0.05) is 6.07 Å². The molecular weight excluding hydrogens is 499 g/mol. The van der Waals surface area contributed by atoms with Gasteiger partial charge in [0.05, 0.1) is 22.5 Å². The van der Waals surface area contributed by atoms with Crippen molar-refractivity contribution in [3.63, 3.8) is 0 Å². The van der Waals surface area contributed by atoms with E-state index in [2.05, 4.69) is 41.2 Å². The predicted molar refractivity (Wildman–Crippen MR) is 124 cm³/mol. The first kappa shape index (κ1) is 25.9. The van der Waals surface area contributed by atoms with Crippen molar-refractivity contribution in [2.75, 3.05) is 13.1 Å². The van der Waals surface area contributed by atoms with Crippen molar-refractivity contribution < 1.29 is 31.5 Å². The fourth-order valence-electron chi connectivity index (χ4n) is 4.60. The van der Waals surface area contributed by atoms with Crippen LogP contribution in [0.15, 0.2) is 47.9 Å². The summed E-state index contributed by atoms with van der Waals surface area (Å²) >= 11 is 0. The lowest BCUT2D eigenvalue weighted by molar-refractivity contribution is -0.192. The second-order valence-corrected chi connectivity index (χ2v) is 11.4. The number of carboxylic acids is 1. The molecule has 194 valence electrons. The average molecular weight is 526 g/mol. The summed E-state index contributed by atoms with van der Waals surface area (Å²) in [5.41, 5.74) is 4.11. The van der Waals surface area contributed by atoms with E-state index in [4.69, 9.17) is 9.90 Å². The van der Waals surface area contributed by atoms with Crippen LogP contribution in [0.1, 0.15) is 36.9 Å². The van der Waals surface area contributed by atoms with Gasteiger partial charge in [-0.15, -0.1) is 0 Å². The molecule has 0 amide bonds. The Morgan fingerprint density at radius 3 is 2.39 bits per heavy atom. The van der Waals surface area contributed by atoms with Gasteiger partial charge in [0.15, 0.2) is 9.84 Å². The van der Waals surface area contributed by atoms with Gasteiger partial charge < -0.3 is 5.11 Å². The molecule has 0 radical (unpaired) electrons. The van der Waals surface area contributed by atoms with Crippen molar-refractivity contribution in [3.8, 4) is 11.1 Å². The molecule has 1 aromatic carbocycles. The van der Waals surface area contributed by atoms with Crippen molar-refractivity contribution in [2.24, 2.45) is 7.05 Å². The first-order valence-corrected chi connectivity index (χ1v) is 12.7. The molecule has 9 nitrogen and oxygen atoms in total. The van der Waals surface area contributed by atoms with Crippen molar-refractivity contribution >= 4 is 15.8 Å². The van der Waals surface area contributed by atoms with Crippen molar-refractivity contribution in [2.45, 2.75) is 48.7 Å². The topological polar surface area (TPSA) is 110 Å². The molecule has 36 heavy (non-hydrogen) atoms. The lowest BCUT2D eigenvalue weighted by Crippen LogP contribution is -2.25. The molecule has 0 aliphatic carbocycles. The van der Waals surface area contributed by atoms with Crippen LogP contribution in [0.3, 0.4) is 0 Å². The van der Waals surface area contributed by atoms with Crippen LogP contribution in [-0.4, -0.2) is 68.5 Å². The Morgan fingerprint density at radius 2 is 1.83 bits per heavy atom. The van der Waals surface area contributed by atoms with E-state index in [0.717, 1.165) is 35.3 Å². The number of aliphatic carboxylic acids is 1. The molecule has 3 aromatic rings. The van der Waals surface area contributed by atoms with E-state index in [1.807, 2.05) is 36.4 Å². The summed E-state index contributed by atoms with van der Waals surface area (Å²) in [7, 11) is -1.41. The second kappa shape index (κ2) is 9.36. The van der Waals surface area contributed by atoms with Gasteiger partial charge in [-0.25, -0.2) is 13.2 Å². The number of hydrogen-bond donors (Lipinski definition) is 1. The van der Waals surface area contributed by atoms with Gasteiger partial charge in [0.1, 0.15) is 0 Å². The van der Waals surface area contributed by atoms with Crippen molar-refractivity contribution in [1.82, 2.24) is 24.5 Å². The molecule has 13 heteroatoms. The lowest BCUT2D eigenvalue weighted by Gasteiger charge is -2.16. The minimum atomic E-state index is -5.08. The van der Waals surface area contributed by atoms with Crippen LogP contribution < -0.4 is 0 Å². The van der Waals surface area contributed by atoms with E-state index in [-0.39, 0.29) is 11.2 Å². The Morgan fingerprint density at radius 1 is 1.14 bits per heavy atom. The standard InChI is InChI=1S/C21H25N5O2S.C2HF3O2/c1-14(2)26-10-15(7-23-26)9-25-12-19-18-6-16(17-8-22-24(3)11-17)4-5-20(18)29(27,28)21(19)13-25;3-2(4,5)1(6)7/h4-8,10-11,14,19,21H,9,12-13H2,1-3H3;(H,6,7). The Kier molecular flexibility index (Phi) is 6.73. The van der Waals surface area contributed by atoms with Gasteiger partial charge in [0.2, 0.25) is 0 Å². The van der Waals surface area contributed by atoms with Crippen LogP contribution in [0.25, 0.3) is 11.1 Å². The van der Waals surface area contributed by atoms with Gasteiger partial charge in [0, 0.05) is 62.2 Å². The summed E-state index contributed by atoms with van der Waals surface area (Å²) in [5, 5.41) is 15.4. The number of rotatable bonds is 4. The second-order valence-electron chi connectivity index (χ2n) is 9.26. The molecule has 4 heterocycles. The van der Waals surface area contributed by atoms with Crippen LogP contribution in [0.4, 0.5) is 13.2 Å². The highest BCUT2D eigenvalue weighted by molar-refractivity contribution is 7.92. The quantitative estimate of drug-likeness (QED) is 0.557. The van der Waals surface area contributed by atoms with Crippen LogP contribution in [0.2, 0.25) is 0 Å². The number of benzene rings is 1. The molecule has 0 saturated carbocycles. The highest BCUT2D eigenvalue weighted by atomic mass is 32.2. The summed E-state index contributed by atoms with van der Waals surface area (Å²) in [5.74, 6) is -2.74. The summed E-state index contributed by atoms with van der Waals surface area (Å²) in [6, 6.07) is 6.05. The van der Waals surface area contributed by atoms with Gasteiger partial charge >= 0.3 is 12.1 Å². The molecular formula is C23H26F3N5O4S. The fourth-order valence-corrected chi connectivity index (χ4v) is 6.80. The largest absolute Gasteiger partial charge is 0.490 e. The van der Waals surface area contributed by atoms with E-state index in [0.29, 0.717) is 17.5 Å². The molecule has 2 aliphatic heterocycles. The molecule has 1 N–H and O–H groups in total. The maximum absolute atomic E-state index is 13.1. The molecule has 0 spiro atoms. The van der Waals surface area contributed by atoms with E-state index in [1.165, 1.54) is 0 Å². The number of aromatic nitrogens is 4. The predicted octanol–water partition coefficient (Wildman–Crippen LogP) is 3.25. The Labute approximate surface area is 206 Å². The highest BCUT2D eigenvalue weighted by Gasteiger charge is 2.50. The third kappa shape index (κ3) is 5.03. The van der Waals surface area contributed by atoms with E-state index >= 15 is 0 Å². The van der Waals surface area contributed by atoms with Crippen LogP contribution in [-0.2, 0) is 28.2 Å². The normalized spacial score (nSPS) is 20.6. The number of nitrogens with zero attached hydrogens (tertiary/aromatic N) is 5. The Bertz CT molecular complexity index is 1380.